The summed E-state index contributed by atoms with van der Waals surface area (Å²) in [5, 5.41) is 18.1. The van der Waals surface area contributed by atoms with Crippen molar-refractivity contribution in [2.75, 3.05) is 6.61 Å². The number of amides is 1. The first kappa shape index (κ1) is 18.1. The first-order valence-electron chi connectivity index (χ1n) is 8.56. The second kappa shape index (κ2) is 7.28. The Balaban J connectivity index is 1.67. The lowest BCUT2D eigenvalue weighted by atomic mass is 10.1. The molecule has 0 aromatic carbocycles. The SMILES string of the molecule is Cc1nn(Cc2ccc(C(=O)N[C@@H](C)[C@H]3CCCO3)o2)c(C)c1[N+](=O)[O-]. The summed E-state index contributed by atoms with van der Waals surface area (Å²) >= 11 is 0. The molecule has 1 aliphatic heterocycles. The predicted octanol–water partition coefficient (Wildman–Crippen LogP) is 2.35. The Morgan fingerprint density at radius 2 is 2.27 bits per heavy atom. The summed E-state index contributed by atoms with van der Waals surface area (Å²) in [4.78, 5) is 23.0. The molecule has 2 atom stereocenters. The van der Waals surface area contributed by atoms with E-state index >= 15 is 0 Å². The highest BCUT2D eigenvalue weighted by Crippen LogP contribution is 2.23. The number of aryl methyl sites for hydroxylation is 1. The van der Waals surface area contributed by atoms with E-state index in [1.807, 2.05) is 6.92 Å². The molecule has 0 radical (unpaired) electrons. The van der Waals surface area contributed by atoms with E-state index in [1.54, 1.807) is 26.0 Å². The third-order valence-corrected chi connectivity index (χ3v) is 4.60. The summed E-state index contributed by atoms with van der Waals surface area (Å²) < 4.78 is 12.7. The molecule has 3 heterocycles. The van der Waals surface area contributed by atoms with E-state index in [0.29, 0.717) is 17.1 Å². The first-order chi connectivity index (χ1) is 12.4. The number of aromatic nitrogens is 2. The molecule has 1 amide bonds. The van der Waals surface area contributed by atoms with Crippen molar-refractivity contribution in [3.63, 3.8) is 0 Å². The van der Waals surface area contributed by atoms with Crippen LogP contribution in [0.4, 0.5) is 5.69 Å². The number of nitro groups is 1. The Kier molecular flexibility index (Phi) is 5.08. The van der Waals surface area contributed by atoms with Crippen LogP contribution >= 0.6 is 0 Å². The Morgan fingerprint density at radius 3 is 2.88 bits per heavy atom. The number of carbonyl (C=O) groups is 1. The lowest BCUT2D eigenvalue weighted by Crippen LogP contribution is -2.40. The molecule has 9 nitrogen and oxygen atoms in total. The molecule has 1 saturated heterocycles. The fraction of sp³-hybridized carbons (Fsp3) is 0.529. The number of nitrogens with zero attached hydrogens (tertiary/aromatic N) is 3. The molecule has 0 bridgehead atoms. The molecular formula is C17H22N4O5. The van der Waals surface area contributed by atoms with Crippen LogP contribution in [0.3, 0.4) is 0 Å². The van der Waals surface area contributed by atoms with Crippen molar-refractivity contribution in [3.8, 4) is 0 Å². The monoisotopic (exact) mass is 362 g/mol. The molecule has 0 aliphatic carbocycles. The standard InChI is InChI=1S/C17H22N4O5/c1-10(14-5-4-8-25-14)18-17(22)15-7-6-13(26-15)9-20-12(3)16(21(23)24)11(2)19-20/h6-7,10,14H,4-5,8-9H2,1-3H3,(H,18,22)/t10-,14+/m0/s1. The quantitative estimate of drug-likeness (QED) is 0.623. The van der Waals surface area contributed by atoms with Crippen molar-refractivity contribution in [1.82, 2.24) is 15.1 Å². The van der Waals surface area contributed by atoms with Gasteiger partial charge in [-0.25, -0.2) is 0 Å². The highest BCUT2D eigenvalue weighted by Gasteiger charge is 2.25. The van der Waals surface area contributed by atoms with Gasteiger partial charge in [0.15, 0.2) is 5.76 Å². The van der Waals surface area contributed by atoms with E-state index in [2.05, 4.69) is 10.4 Å². The van der Waals surface area contributed by atoms with Crippen molar-refractivity contribution < 1.29 is 18.9 Å². The van der Waals surface area contributed by atoms with Gasteiger partial charge in [-0.05, 0) is 45.7 Å². The van der Waals surface area contributed by atoms with Crippen molar-refractivity contribution in [3.05, 3.63) is 45.2 Å². The summed E-state index contributed by atoms with van der Waals surface area (Å²) in [7, 11) is 0. The Hall–Kier alpha value is -2.68. The van der Waals surface area contributed by atoms with Gasteiger partial charge < -0.3 is 14.5 Å². The van der Waals surface area contributed by atoms with Crippen LogP contribution in [-0.2, 0) is 11.3 Å². The molecule has 1 aliphatic rings. The van der Waals surface area contributed by atoms with Crippen LogP contribution in [0.25, 0.3) is 0 Å². The summed E-state index contributed by atoms with van der Waals surface area (Å²) in [5.41, 5.74) is 0.796. The summed E-state index contributed by atoms with van der Waals surface area (Å²) in [5.74, 6) is 0.389. The molecule has 0 spiro atoms. The van der Waals surface area contributed by atoms with E-state index in [4.69, 9.17) is 9.15 Å². The summed E-state index contributed by atoms with van der Waals surface area (Å²) in [6, 6.07) is 3.17. The van der Waals surface area contributed by atoms with Crippen LogP contribution in [0.2, 0.25) is 0 Å². The van der Waals surface area contributed by atoms with Gasteiger partial charge in [0.2, 0.25) is 0 Å². The molecular weight excluding hydrogens is 340 g/mol. The van der Waals surface area contributed by atoms with E-state index in [9.17, 15) is 14.9 Å². The van der Waals surface area contributed by atoms with E-state index < -0.39 is 4.92 Å². The second-order valence-electron chi connectivity index (χ2n) is 6.51. The number of hydrogen-bond acceptors (Lipinski definition) is 6. The summed E-state index contributed by atoms with van der Waals surface area (Å²) in [6.07, 6.45) is 1.97. The fourth-order valence-corrected chi connectivity index (χ4v) is 3.21. The predicted molar refractivity (Wildman–Crippen MR) is 92.1 cm³/mol. The number of furan rings is 1. The minimum atomic E-state index is -0.443. The normalized spacial score (nSPS) is 18.0. The maximum atomic E-state index is 12.3. The van der Waals surface area contributed by atoms with E-state index in [1.165, 1.54) is 4.68 Å². The van der Waals surface area contributed by atoms with Gasteiger partial charge >= 0.3 is 5.69 Å². The molecule has 140 valence electrons. The number of hydrogen-bond donors (Lipinski definition) is 1. The van der Waals surface area contributed by atoms with Gasteiger partial charge in [0, 0.05) is 6.61 Å². The number of nitrogens with one attached hydrogen (secondary N) is 1. The number of ether oxygens (including phenoxy) is 1. The van der Waals surface area contributed by atoms with Gasteiger partial charge in [0.25, 0.3) is 5.91 Å². The molecule has 9 heteroatoms. The van der Waals surface area contributed by atoms with Gasteiger partial charge in [0.1, 0.15) is 17.1 Å². The van der Waals surface area contributed by atoms with Gasteiger partial charge in [-0.15, -0.1) is 0 Å². The van der Waals surface area contributed by atoms with Gasteiger partial charge in [-0.2, -0.15) is 5.10 Å². The molecule has 2 aromatic heterocycles. The van der Waals surface area contributed by atoms with Gasteiger partial charge in [-0.3, -0.25) is 19.6 Å². The summed E-state index contributed by atoms with van der Waals surface area (Å²) in [6.45, 7) is 6.08. The minimum absolute atomic E-state index is 0.0000824. The van der Waals surface area contributed by atoms with E-state index in [-0.39, 0.29) is 36.0 Å². The average molecular weight is 362 g/mol. The zero-order valence-electron chi connectivity index (χ0n) is 15.0. The Labute approximate surface area is 150 Å². The highest BCUT2D eigenvalue weighted by atomic mass is 16.6. The van der Waals surface area contributed by atoms with Crippen molar-refractivity contribution >= 4 is 11.6 Å². The van der Waals surface area contributed by atoms with Crippen molar-refractivity contribution in [2.24, 2.45) is 0 Å². The maximum Gasteiger partial charge on any atom is 0.312 e. The number of carbonyl (C=O) groups excluding carboxylic acids is 1. The first-order valence-corrected chi connectivity index (χ1v) is 8.56. The molecule has 0 saturated carbocycles. The van der Waals surface area contributed by atoms with Crippen LogP contribution in [0.15, 0.2) is 16.5 Å². The fourth-order valence-electron chi connectivity index (χ4n) is 3.21. The Bertz CT molecular complexity index is 819. The van der Waals surface area contributed by atoms with Crippen LogP contribution in [-0.4, -0.2) is 39.4 Å². The molecule has 3 rings (SSSR count). The van der Waals surface area contributed by atoms with Gasteiger partial charge in [-0.1, -0.05) is 0 Å². The van der Waals surface area contributed by atoms with Crippen LogP contribution in [0, 0.1) is 24.0 Å². The Morgan fingerprint density at radius 1 is 1.50 bits per heavy atom. The van der Waals surface area contributed by atoms with Gasteiger partial charge in [0.05, 0.1) is 23.6 Å². The van der Waals surface area contributed by atoms with Crippen LogP contribution in [0.5, 0.6) is 0 Å². The number of rotatable bonds is 6. The van der Waals surface area contributed by atoms with Crippen LogP contribution < -0.4 is 5.32 Å². The molecule has 1 N–H and O–H groups in total. The van der Waals surface area contributed by atoms with Crippen molar-refractivity contribution in [1.29, 1.82) is 0 Å². The smallest absolute Gasteiger partial charge is 0.312 e. The average Bonchev–Trinajstić information content (AvgIpc) is 3.29. The molecule has 1 fully saturated rings. The highest BCUT2D eigenvalue weighted by molar-refractivity contribution is 5.91. The van der Waals surface area contributed by atoms with Crippen LogP contribution in [0.1, 0.15) is 47.5 Å². The third kappa shape index (κ3) is 3.62. The van der Waals surface area contributed by atoms with E-state index in [0.717, 1.165) is 19.4 Å². The lowest BCUT2D eigenvalue weighted by molar-refractivity contribution is -0.386. The third-order valence-electron chi connectivity index (χ3n) is 4.60. The largest absolute Gasteiger partial charge is 0.454 e. The molecule has 26 heavy (non-hydrogen) atoms. The van der Waals surface area contributed by atoms with Crippen molar-refractivity contribution in [2.45, 2.75) is 52.3 Å². The minimum Gasteiger partial charge on any atom is -0.454 e. The second-order valence-corrected chi connectivity index (χ2v) is 6.51. The zero-order valence-corrected chi connectivity index (χ0v) is 15.0. The molecule has 2 aromatic rings. The topological polar surface area (TPSA) is 112 Å². The molecule has 0 unspecified atom stereocenters. The zero-order chi connectivity index (χ0) is 18.8. The maximum absolute atomic E-state index is 12.3. The lowest BCUT2D eigenvalue weighted by Gasteiger charge is -2.19.